The number of aromatic nitrogens is 1. The Labute approximate surface area is 127 Å². The fourth-order valence-electron chi connectivity index (χ4n) is 1.66. The van der Waals surface area contributed by atoms with E-state index in [1.54, 1.807) is 17.8 Å². The van der Waals surface area contributed by atoms with Crippen LogP contribution in [0.4, 0.5) is 5.69 Å². The molecule has 1 aromatic heterocycles. The largest absolute Gasteiger partial charge is 0.481 e. The van der Waals surface area contributed by atoms with Crippen LogP contribution in [0.15, 0.2) is 28.3 Å². The number of benzene rings is 1. The van der Waals surface area contributed by atoms with E-state index in [1.165, 1.54) is 24.3 Å². The van der Waals surface area contributed by atoms with Crippen LogP contribution in [0.1, 0.15) is 23.5 Å². The summed E-state index contributed by atoms with van der Waals surface area (Å²) >= 11 is 4.59. The molecule has 0 aliphatic carbocycles. The van der Waals surface area contributed by atoms with Gasteiger partial charge >= 0.3 is 5.69 Å². The average molecular weight is 359 g/mol. The lowest BCUT2D eigenvalue weighted by molar-refractivity contribution is -0.386. The molecule has 0 amide bonds. The summed E-state index contributed by atoms with van der Waals surface area (Å²) in [6.07, 6.45) is 0.764. The van der Waals surface area contributed by atoms with Crippen LogP contribution >= 0.6 is 27.3 Å². The molecule has 0 aliphatic rings. The van der Waals surface area contributed by atoms with Crippen molar-refractivity contribution in [2.24, 2.45) is 0 Å². The Kier molecular flexibility index (Phi) is 4.69. The van der Waals surface area contributed by atoms with Crippen molar-refractivity contribution in [3.05, 3.63) is 48.9 Å². The van der Waals surface area contributed by atoms with Crippen LogP contribution in [0.25, 0.3) is 0 Å². The van der Waals surface area contributed by atoms with Gasteiger partial charge < -0.3 is 9.84 Å². The summed E-state index contributed by atoms with van der Waals surface area (Å²) in [5.41, 5.74) is 1.85. The van der Waals surface area contributed by atoms with Gasteiger partial charge in [-0.1, -0.05) is 15.9 Å². The molecule has 106 valence electrons. The number of aliphatic hydroxyl groups excluding tert-OH is 1. The number of thiazole rings is 1. The van der Waals surface area contributed by atoms with Crippen LogP contribution in [-0.2, 0) is 6.61 Å². The number of nitro groups is 1. The molecule has 0 radical (unpaired) electrons. The highest BCUT2D eigenvalue weighted by Gasteiger charge is 2.23. The lowest BCUT2D eigenvalue weighted by atomic mass is 10.1. The Balaban J connectivity index is 2.39. The minimum absolute atomic E-state index is 0.0848. The van der Waals surface area contributed by atoms with Crippen molar-refractivity contribution < 1.29 is 14.8 Å². The van der Waals surface area contributed by atoms with Crippen molar-refractivity contribution in [1.29, 1.82) is 0 Å². The number of aliphatic hydroxyl groups is 1. The zero-order valence-electron chi connectivity index (χ0n) is 10.4. The molecule has 0 bridgehead atoms. The van der Waals surface area contributed by atoms with E-state index < -0.39 is 11.0 Å². The zero-order valence-corrected chi connectivity index (χ0v) is 12.8. The minimum Gasteiger partial charge on any atom is -0.481 e. The van der Waals surface area contributed by atoms with E-state index in [2.05, 4.69) is 20.9 Å². The van der Waals surface area contributed by atoms with Crippen LogP contribution in [0.2, 0.25) is 0 Å². The second-order valence-electron chi connectivity index (χ2n) is 4.03. The quantitative estimate of drug-likeness (QED) is 0.653. The number of rotatable bonds is 5. The number of ether oxygens (including phenoxy) is 1. The lowest BCUT2D eigenvalue weighted by Gasteiger charge is -2.13. The molecule has 8 heteroatoms. The summed E-state index contributed by atoms with van der Waals surface area (Å²) < 4.78 is 6.06. The average Bonchev–Trinajstić information content (AvgIpc) is 2.89. The summed E-state index contributed by atoms with van der Waals surface area (Å²) in [5.74, 6) is 0.0848. The molecule has 6 nitrogen and oxygen atoms in total. The van der Waals surface area contributed by atoms with Gasteiger partial charge in [-0.25, -0.2) is 0 Å². The van der Waals surface area contributed by atoms with Crippen LogP contribution in [0.5, 0.6) is 5.75 Å². The summed E-state index contributed by atoms with van der Waals surface area (Å²) in [6.45, 7) is 1.71. The zero-order chi connectivity index (χ0) is 14.7. The van der Waals surface area contributed by atoms with Crippen LogP contribution in [-0.4, -0.2) is 15.0 Å². The third-order valence-corrected chi connectivity index (χ3v) is 3.76. The maximum atomic E-state index is 11.1. The van der Waals surface area contributed by atoms with E-state index in [9.17, 15) is 15.2 Å². The Morgan fingerprint density at radius 3 is 2.90 bits per heavy atom. The number of halogens is 1. The van der Waals surface area contributed by atoms with Gasteiger partial charge in [0.25, 0.3) is 0 Å². The highest BCUT2D eigenvalue weighted by Crippen LogP contribution is 2.38. The summed E-state index contributed by atoms with van der Waals surface area (Å²) in [4.78, 5) is 15.4. The maximum Gasteiger partial charge on any atom is 0.312 e. The lowest BCUT2D eigenvalue weighted by Crippen LogP contribution is -2.04. The molecule has 0 saturated carbocycles. The van der Waals surface area contributed by atoms with Gasteiger partial charge in [0.15, 0.2) is 0 Å². The van der Waals surface area contributed by atoms with E-state index in [0.29, 0.717) is 10.0 Å². The van der Waals surface area contributed by atoms with Crippen LogP contribution in [0, 0.1) is 10.1 Å². The predicted octanol–water partition coefficient (Wildman–Crippen LogP) is 3.45. The van der Waals surface area contributed by atoms with Gasteiger partial charge in [0.2, 0.25) is 5.75 Å². The van der Waals surface area contributed by atoms with Gasteiger partial charge in [0.1, 0.15) is 6.61 Å². The third-order valence-electron chi connectivity index (χ3n) is 2.55. The van der Waals surface area contributed by atoms with Crippen molar-refractivity contribution in [3.63, 3.8) is 0 Å². The molecule has 0 aliphatic heterocycles. The van der Waals surface area contributed by atoms with E-state index >= 15 is 0 Å². The Bertz CT molecular complexity index is 616. The molecule has 20 heavy (non-hydrogen) atoms. The topological polar surface area (TPSA) is 85.5 Å². The number of hydrogen-bond donors (Lipinski definition) is 1. The second-order valence-corrected chi connectivity index (χ2v) is 5.92. The van der Waals surface area contributed by atoms with Gasteiger partial charge in [0.05, 0.1) is 21.4 Å². The van der Waals surface area contributed by atoms with Gasteiger partial charge in [-0.05, 0) is 13.0 Å². The molecule has 0 unspecified atom stereocenters. The van der Waals surface area contributed by atoms with Crippen molar-refractivity contribution in [1.82, 2.24) is 4.98 Å². The standard InChI is InChI=1S/C12H11BrN2O4S/c1-7(16)10-2-8(13)3-11(15(17)18)12(10)19-5-9-4-14-6-20-9/h2-4,6-7,16H,5H2,1H3/t7-/m0/s1. The van der Waals surface area contributed by atoms with Gasteiger partial charge in [-0.3, -0.25) is 15.1 Å². The highest BCUT2D eigenvalue weighted by atomic mass is 79.9. The first-order valence-corrected chi connectivity index (χ1v) is 7.32. The smallest absolute Gasteiger partial charge is 0.312 e. The van der Waals surface area contributed by atoms with E-state index in [1.807, 2.05) is 0 Å². The normalized spacial score (nSPS) is 12.2. The Morgan fingerprint density at radius 1 is 1.60 bits per heavy atom. The molecule has 1 aromatic carbocycles. The summed E-state index contributed by atoms with van der Waals surface area (Å²) in [6, 6.07) is 2.97. The molecule has 0 fully saturated rings. The molecule has 0 saturated heterocycles. The molecule has 1 atom stereocenters. The second kappa shape index (κ2) is 6.29. The molecular weight excluding hydrogens is 348 g/mol. The summed E-state index contributed by atoms with van der Waals surface area (Å²) in [5, 5.41) is 20.9. The van der Waals surface area contributed by atoms with Crippen LogP contribution < -0.4 is 4.74 Å². The molecule has 1 heterocycles. The number of nitrogens with zero attached hydrogens (tertiary/aromatic N) is 2. The first-order chi connectivity index (χ1) is 9.49. The van der Waals surface area contributed by atoms with Crippen molar-refractivity contribution in [2.45, 2.75) is 19.6 Å². The Hall–Kier alpha value is -1.51. The van der Waals surface area contributed by atoms with E-state index in [4.69, 9.17) is 4.74 Å². The molecule has 2 aromatic rings. The van der Waals surface area contributed by atoms with Gasteiger partial charge in [0, 0.05) is 22.3 Å². The first kappa shape index (κ1) is 14.9. The fourth-order valence-corrected chi connectivity index (χ4v) is 2.63. The fraction of sp³-hybridized carbons (Fsp3) is 0.250. The highest BCUT2D eigenvalue weighted by molar-refractivity contribution is 9.10. The number of hydrogen-bond acceptors (Lipinski definition) is 6. The first-order valence-electron chi connectivity index (χ1n) is 5.65. The van der Waals surface area contributed by atoms with Gasteiger partial charge in [-0.2, -0.15) is 0 Å². The van der Waals surface area contributed by atoms with E-state index in [0.717, 1.165) is 4.88 Å². The summed E-state index contributed by atoms with van der Waals surface area (Å²) in [7, 11) is 0. The monoisotopic (exact) mass is 358 g/mol. The van der Waals surface area contributed by atoms with Crippen LogP contribution in [0.3, 0.4) is 0 Å². The minimum atomic E-state index is -0.873. The number of nitro benzene ring substituents is 1. The Morgan fingerprint density at radius 2 is 2.35 bits per heavy atom. The van der Waals surface area contributed by atoms with Crippen molar-refractivity contribution in [3.8, 4) is 5.75 Å². The molecule has 1 N–H and O–H groups in total. The third kappa shape index (κ3) is 3.33. The molecular formula is C12H11BrN2O4S. The van der Waals surface area contributed by atoms with Gasteiger partial charge in [-0.15, -0.1) is 11.3 Å². The molecule has 0 spiro atoms. The predicted molar refractivity (Wildman–Crippen MR) is 77.9 cm³/mol. The molecule has 2 rings (SSSR count). The van der Waals surface area contributed by atoms with E-state index in [-0.39, 0.29) is 18.0 Å². The van der Waals surface area contributed by atoms with Crippen molar-refractivity contribution >= 4 is 33.0 Å². The SMILES string of the molecule is C[C@H](O)c1cc(Br)cc([N+](=O)[O-])c1OCc1cncs1. The maximum absolute atomic E-state index is 11.1. The van der Waals surface area contributed by atoms with Crippen molar-refractivity contribution in [2.75, 3.05) is 0 Å².